The number of nitrogens with two attached hydrogens (primary N) is 1. The van der Waals surface area contributed by atoms with E-state index in [9.17, 15) is 9.18 Å². The van der Waals surface area contributed by atoms with Crippen LogP contribution in [-0.2, 0) is 11.4 Å². The van der Waals surface area contributed by atoms with Crippen LogP contribution in [0.5, 0.6) is 5.75 Å². The van der Waals surface area contributed by atoms with Gasteiger partial charge in [0.25, 0.3) is 0 Å². The van der Waals surface area contributed by atoms with Crippen molar-refractivity contribution in [2.75, 3.05) is 5.32 Å². The van der Waals surface area contributed by atoms with E-state index >= 15 is 0 Å². The van der Waals surface area contributed by atoms with Crippen molar-refractivity contribution < 1.29 is 13.9 Å². The summed E-state index contributed by atoms with van der Waals surface area (Å²) in [5.41, 5.74) is 6.47. The number of hydrogen-bond donors (Lipinski definition) is 2. The highest BCUT2D eigenvalue weighted by atomic mass is 35.5. The average Bonchev–Trinajstić information content (AvgIpc) is 2.53. The molecule has 2 rings (SSSR count). The van der Waals surface area contributed by atoms with Crippen molar-refractivity contribution in [2.45, 2.75) is 38.8 Å². The van der Waals surface area contributed by atoms with Gasteiger partial charge in [0, 0.05) is 11.8 Å². The van der Waals surface area contributed by atoms with E-state index in [2.05, 4.69) is 5.32 Å². The molecule has 0 saturated carbocycles. The van der Waals surface area contributed by atoms with E-state index in [0.717, 1.165) is 12.0 Å². The number of halogens is 2. The van der Waals surface area contributed by atoms with Gasteiger partial charge in [0.05, 0.1) is 5.54 Å². The van der Waals surface area contributed by atoms with Crippen molar-refractivity contribution in [1.82, 2.24) is 0 Å². The van der Waals surface area contributed by atoms with E-state index in [-0.39, 0.29) is 30.7 Å². The van der Waals surface area contributed by atoms with Gasteiger partial charge in [-0.1, -0.05) is 31.5 Å². The fourth-order valence-electron chi connectivity index (χ4n) is 2.36. The summed E-state index contributed by atoms with van der Waals surface area (Å²) < 4.78 is 18.8. The average molecular weight is 367 g/mol. The van der Waals surface area contributed by atoms with Gasteiger partial charge >= 0.3 is 0 Å². The van der Waals surface area contributed by atoms with Gasteiger partial charge in [-0.2, -0.15) is 0 Å². The number of ether oxygens (including phenoxy) is 1. The lowest BCUT2D eigenvalue weighted by Crippen LogP contribution is -2.48. The quantitative estimate of drug-likeness (QED) is 0.768. The molecular formula is C19H24ClFN2O2. The molecule has 0 saturated heterocycles. The van der Waals surface area contributed by atoms with E-state index in [4.69, 9.17) is 10.5 Å². The third-order valence-corrected chi connectivity index (χ3v) is 3.67. The predicted octanol–water partition coefficient (Wildman–Crippen LogP) is 4.28. The Bertz CT molecular complexity index is 707. The second kappa shape index (κ2) is 9.39. The minimum absolute atomic E-state index is 0. The molecule has 3 N–H and O–H groups in total. The molecule has 0 aromatic heterocycles. The summed E-state index contributed by atoms with van der Waals surface area (Å²) in [6, 6.07) is 13.3. The first-order valence-electron chi connectivity index (χ1n) is 7.98. The summed E-state index contributed by atoms with van der Waals surface area (Å²) in [5, 5.41) is 2.81. The fraction of sp³-hybridized carbons (Fsp3) is 0.316. The zero-order valence-corrected chi connectivity index (χ0v) is 15.2. The molecule has 0 bridgehead atoms. The van der Waals surface area contributed by atoms with E-state index in [1.165, 1.54) is 12.1 Å². The molecule has 0 spiro atoms. The normalized spacial score (nSPS) is 12.6. The van der Waals surface area contributed by atoms with Crippen LogP contribution in [0, 0.1) is 5.82 Å². The van der Waals surface area contributed by atoms with Crippen LogP contribution in [0.25, 0.3) is 0 Å². The lowest BCUT2D eigenvalue weighted by Gasteiger charge is -2.23. The van der Waals surface area contributed by atoms with Gasteiger partial charge in [0.2, 0.25) is 5.91 Å². The number of amides is 1. The molecule has 6 heteroatoms. The number of carbonyl (C=O) groups excluding carboxylic acids is 1. The second-order valence-electron chi connectivity index (χ2n) is 6.07. The highest BCUT2D eigenvalue weighted by Gasteiger charge is 2.27. The van der Waals surface area contributed by atoms with Crippen LogP contribution in [0.3, 0.4) is 0 Å². The van der Waals surface area contributed by atoms with E-state index in [1.807, 2.05) is 6.92 Å². The molecule has 0 fully saturated rings. The Morgan fingerprint density at radius 1 is 1.24 bits per heavy atom. The molecule has 0 heterocycles. The van der Waals surface area contributed by atoms with Gasteiger partial charge in [-0.3, -0.25) is 4.79 Å². The Labute approximate surface area is 154 Å². The molecular weight excluding hydrogens is 343 g/mol. The third-order valence-electron chi connectivity index (χ3n) is 3.67. The van der Waals surface area contributed by atoms with Gasteiger partial charge in [0.15, 0.2) is 0 Å². The van der Waals surface area contributed by atoms with Crippen molar-refractivity contribution in [3.05, 3.63) is 59.9 Å². The van der Waals surface area contributed by atoms with Crippen LogP contribution in [-0.4, -0.2) is 11.4 Å². The summed E-state index contributed by atoms with van der Waals surface area (Å²) in [6.07, 6.45) is 1.44. The van der Waals surface area contributed by atoms with Crippen LogP contribution in [0.4, 0.5) is 10.1 Å². The lowest BCUT2D eigenvalue weighted by atomic mass is 9.96. The standard InChI is InChI=1S/C19H23FN2O2.ClH/c1-3-10-19(2,21)18(23)22-16-8-5-9-17(12-16)24-13-14-6-4-7-15(20)11-14;/h4-9,11-12H,3,10,13,21H2,1-2H3,(H,22,23);1H. The Morgan fingerprint density at radius 2 is 1.96 bits per heavy atom. The molecule has 0 radical (unpaired) electrons. The van der Waals surface area contributed by atoms with E-state index < -0.39 is 5.54 Å². The monoisotopic (exact) mass is 366 g/mol. The summed E-state index contributed by atoms with van der Waals surface area (Å²) in [7, 11) is 0. The molecule has 136 valence electrons. The zero-order valence-electron chi connectivity index (χ0n) is 14.4. The number of rotatable bonds is 7. The SMILES string of the molecule is CCCC(C)(N)C(=O)Nc1cccc(OCc2cccc(F)c2)c1.Cl. The molecule has 1 unspecified atom stereocenters. The first-order chi connectivity index (χ1) is 11.4. The van der Waals surface area contributed by atoms with Crippen LogP contribution in [0.15, 0.2) is 48.5 Å². The molecule has 2 aromatic rings. The maximum absolute atomic E-state index is 13.2. The van der Waals surface area contributed by atoms with Crippen molar-refractivity contribution in [3.8, 4) is 5.75 Å². The van der Waals surface area contributed by atoms with Crippen LogP contribution in [0.2, 0.25) is 0 Å². The highest BCUT2D eigenvalue weighted by Crippen LogP contribution is 2.20. The summed E-state index contributed by atoms with van der Waals surface area (Å²) >= 11 is 0. The maximum Gasteiger partial charge on any atom is 0.244 e. The molecule has 4 nitrogen and oxygen atoms in total. The summed E-state index contributed by atoms with van der Waals surface area (Å²) in [5.74, 6) is 0.0631. The van der Waals surface area contributed by atoms with Gasteiger partial charge in [-0.05, 0) is 43.2 Å². The Kier molecular flexibility index (Phi) is 7.87. The highest BCUT2D eigenvalue weighted by molar-refractivity contribution is 5.97. The van der Waals surface area contributed by atoms with Crippen molar-refractivity contribution >= 4 is 24.0 Å². The molecule has 1 atom stereocenters. The van der Waals surface area contributed by atoms with Gasteiger partial charge in [-0.15, -0.1) is 12.4 Å². The molecule has 0 aliphatic carbocycles. The number of benzene rings is 2. The lowest BCUT2D eigenvalue weighted by molar-refractivity contribution is -0.120. The van der Waals surface area contributed by atoms with Crippen LogP contribution in [0.1, 0.15) is 32.3 Å². The number of hydrogen-bond acceptors (Lipinski definition) is 3. The Morgan fingerprint density at radius 3 is 2.64 bits per heavy atom. The Balaban J connectivity index is 0.00000312. The van der Waals surface area contributed by atoms with Crippen molar-refractivity contribution in [1.29, 1.82) is 0 Å². The molecule has 0 aliphatic heterocycles. The third kappa shape index (κ3) is 6.36. The first-order valence-corrected chi connectivity index (χ1v) is 7.98. The summed E-state index contributed by atoms with van der Waals surface area (Å²) in [6.45, 7) is 3.95. The first kappa shape index (κ1) is 20.9. The minimum Gasteiger partial charge on any atom is -0.489 e. The van der Waals surface area contributed by atoms with Crippen molar-refractivity contribution in [3.63, 3.8) is 0 Å². The number of anilines is 1. The smallest absolute Gasteiger partial charge is 0.244 e. The molecule has 2 aromatic carbocycles. The maximum atomic E-state index is 13.2. The van der Waals surface area contributed by atoms with E-state index in [1.54, 1.807) is 43.3 Å². The van der Waals surface area contributed by atoms with Crippen LogP contribution < -0.4 is 15.8 Å². The Hall–Kier alpha value is -2.11. The van der Waals surface area contributed by atoms with Gasteiger partial charge in [-0.25, -0.2) is 4.39 Å². The molecule has 25 heavy (non-hydrogen) atoms. The van der Waals surface area contributed by atoms with Gasteiger partial charge < -0.3 is 15.8 Å². The number of nitrogens with one attached hydrogen (secondary N) is 1. The number of carbonyl (C=O) groups is 1. The van der Waals surface area contributed by atoms with Crippen molar-refractivity contribution in [2.24, 2.45) is 5.73 Å². The second-order valence-corrected chi connectivity index (χ2v) is 6.07. The minimum atomic E-state index is -0.910. The van der Waals surface area contributed by atoms with E-state index in [0.29, 0.717) is 17.9 Å². The van der Waals surface area contributed by atoms with Gasteiger partial charge in [0.1, 0.15) is 18.2 Å². The zero-order chi connectivity index (χ0) is 17.6. The molecule has 0 aliphatic rings. The fourth-order valence-corrected chi connectivity index (χ4v) is 2.36. The topological polar surface area (TPSA) is 64.4 Å². The van der Waals surface area contributed by atoms with Crippen LogP contribution >= 0.6 is 12.4 Å². The largest absolute Gasteiger partial charge is 0.489 e. The molecule has 1 amide bonds. The summed E-state index contributed by atoms with van der Waals surface area (Å²) in [4.78, 5) is 12.2. The predicted molar refractivity (Wildman–Crippen MR) is 101 cm³/mol.